The summed E-state index contributed by atoms with van der Waals surface area (Å²) >= 11 is 4.26. The topological polar surface area (TPSA) is 0 Å². The molecule has 0 saturated carbocycles. The van der Waals surface area contributed by atoms with Crippen LogP contribution >= 0.6 is 23.5 Å². The second kappa shape index (κ2) is 1.89. The minimum absolute atomic E-state index is 0.651. The van der Waals surface area contributed by atoms with E-state index in [2.05, 4.69) is 44.3 Å². The lowest BCUT2D eigenvalue weighted by Crippen LogP contribution is -2.28. The highest BCUT2D eigenvalue weighted by atomic mass is 32.2. The molecule has 2 heteroatoms. The zero-order valence-corrected chi connectivity index (χ0v) is 8.44. The van der Waals surface area contributed by atoms with Gasteiger partial charge in [0.2, 0.25) is 0 Å². The van der Waals surface area contributed by atoms with Crippen molar-refractivity contribution in [1.29, 1.82) is 0 Å². The van der Waals surface area contributed by atoms with Crippen LogP contribution in [0.2, 0.25) is 0 Å². The van der Waals surface area contributed by atoms with E-state index in [-0.39, 0.29) is 0 Å². The van der Waals surface area contributed by atoms with Crippen LogP contribution < -0.4 is 0 Å². The summed E-state index contributed by atoms with van der Waals surface area (Å²) in [5.41, 5.74) is 0. The minimum atomic E-state index is 0.651. The number of thioether (sulfide) groups is 2. The fourth-order valence-electron chi connectivity index (χ4n) is 1.37. The van der Waals surface area contributed by atoms with Crippen molar-refractivity contribution in [3.05, 3.63) is 0 Å². The average molecular weight is 174 g/mol. The van der Waals surface area contributed by atoms with Gasteiger partial charge < -0.3 is 0 Å². The summed E-state index contributed by atoms with van der Waals surface area (Å²) in [6, 6.07) is 0. The van der Waals surface area contributed by atoms with Crippen LogP contribution in [0.4, 0.5) is 0 Å². The van der Waals surface area contributed by atoms with Gasteiger partial charge in [-0.2, -0.15) is 23.5 Å². The molecule has 0 nitrogen and oxygen atoms in total. The highest BCUT2D eigenvalue weighted by molar-refractivity contribution is 8.09. The van der Waals surface area contributed by atoms with E-state index < -0.39 is 0 Å². The molecular formula is C8H14S2. The summed E-state index contributed by atoms with van der Waals surface area (Å²) in [6.07, 6.45) is 0. The summed E-state index contributed by atoms with van der Waals surface area (Å²) in [4.78, 5) is 0. The minimum Gasteiger partial charge on any atom is -0.153 e. The van der Waals surface area contributed by atoms with E-state index in [9.17, 15) is 0 Å². The molecule has 0 N–H and O–H groups in total. The molecule has 2 aliphatic heterocycles. The first-order chi connectivity index (χ1) is 4.57. The molecule has 58 valence electrons. The van der Waals surface area contributed by atoms with Crippen LogP contribution in [0.1, 0.15) is 20.8 Å². The molecule has 0 spiro atoms. The van der Waals surface area contributed by atoms with Gasteiger partial charge in [-0.1, -0.05) is 6.92 Å². The first-order valence-electron chi connectivity index (χ1n) is 3.85. The first kappa shape index (κ1) is 7.35. The molecule has 0 amide bonds. The third kappa shape index (κ3) is 1.00. The highest BCUT2D eigenvalue weighted by Crippen LogP contribution is 2.61. The quantitative estimate of drug-likeness (QED) is 0.590. The summed E-state index contributed by atoms with van der Waals surface area (Å²) in [5.74, 6) is 3.70. The number of rotatable bonds is 2. The highest BCUT2D eigenvalue weighted by Gasteiger charge is 2.56. The lowest BCUT2D eigenvalue weighted by molar-refractivity contribution is 0.441. The maximum absolute atomic E-state index is 2.42. The summed E-state index contributed by atoms with van der Waals surface area (Å²) < 4.78 is 1.30. The smallest absolute Gasteiger partial charge is 0.0261 e. The number of hydrogen-bond acceptors (Lipinski definition) is 2. The predicted octanol–water partition coefficient (Wildman–Crippen LogP) is 2.63. The zero-order valence-electron chi connectivity index (χ0n) is 6.81. The Bertz CT molecular complexity index is 139. The second-order valence-corrected chi connectivity index (χ2v) is 6.94. The molecule has 2 saturated heterocycles. The Morgan fingerprint density at radius 2 is 1.40 bits per heavy atom. The molecule has 2 fully saturated rings. The lowest BCUT2D eigenvalue weighted by Gasteiger charge is -2.22. The summed E-state index contributed by atoms with van der Waals surface area (Å²) in [7, 11) is 0. The van der Waals surface area contributed by atoms with Gasteiger partial charge in [0.25, 0.3) is 0 Å². The van der Waals surface area contributed by atoms with Crippen molar-refractivity contribution in [3.63, 3.8) is 0 Å². The molecular weight excluding hydrogens is 160 g/mol. The van der Waals surface area contributed by atoms with E-state index in [0.717, 1.165) is 5.92 Å². The molecule has 0 aliphatic carbocycles. The summed E-state index contributed by atoms with van der Waals surface area (Å²) in [6.45, 7) is 7.24. The van der Waals surface area contributed by atoms with Crippen molar-refractivity contribution >= 4 is 23.5 Å². The molecule has 2 aliphatic rings. The van der Waals surface area contributed by atoms with E-state index in [0.29, 0.717) is 9.49 Å². The Balaban J connectivity index is 2.04. The molecule has 0 aromatic carbocycles. The van der Waals surface area contributed by atoms with Crippen molar-refractivity contribution in [2.75, 3.05) is 11.5 Å². The maximum atomic E-state index is 2.42. The van der Waals surface area contributed by atoms with Crippen molar-refractivity contribution in [2.45, 2.75) is 30.3 Å². The van der Waals surface area contributed by atoms with Gasteiger partial charge in [0.15, 0.2) is 0 Å². The van der Waals surface area contributed by atoms with Crippen molar-refractivity contribution < 1.29 is 0 Å². The fourth-order valence-corrected chi connectivity index (χ4v) is 3.42. The van der Waals surface area contributed by atoms with E-state index in [4.69, 9.17) is 0 Å². The van der Waals surface area contributed by atoms with Gasteiger partial charge >= 0.3 is 0 Å². The Morgan fingerprint density at radius 1 is 1.10 bits per heavy atom. The van der Waals surface area contributed by atoms with Crippen molar-refractivity contribution in [2.24, 2.45) is 5.92 Å². The maximum Gasteiger partial charge on any atom is 0.0261 e. The first-order valence-corrected chi connectivity index (χ1v) is 5.82. The van der Waals surface area contributed by atoms with Gasteiger partial charge in [-0.3, -0.25) is 0 Å². The van der Waals surface area contributed by atoms with Crippen LogP contribution in [0.25, 0.3) is 0 Å². The molecule has 0 bridgehead atoms. The second-order valence-electron chi connectivity index (χ2n) is 3.92. The third-order valence-corrected chi connectivity index (χ3v) is 6.14. The fraction of sp³-hybridized carbons (Fsp3) is 1.00. The van der Waals surface area contributed by atoms with Crippen molar-refractivity contribution in [1.82, 2.24) is 0 Å². The van der Waals surface area contributed by atoms with Crippen molar-refractivity contribution in [3.8, 4) is 0 Å². The Hall–Kier alpha value is 0.700. The average Bonchev–Trinajstić information content (AvgIpc) is 2.73. The molecule has 10 heavy (non-hydrogen) atoms. The van der Waals surface area contributed by atoms with Crippen LogP contribution in [0.3, 0.4) is 0 Å². The van der Waals surface area contributed by atoms with Gasteiger partial charge in [0.1, 0.15) is 0 Å². The van der Waals surface area contributed by atoms with Crippen LogP contribution in [-0.2, 0) is 0 Å². The number of hydrogen-bond donors (Lipinski definition) is 0. The standard InChI is InChI=1S/C8H14S2/c1-6(7(2)4-9-7)8(3)5-10-8/h6H,4-5H2,1-3H3. The SMILES string of the molecule is CC(C1(C)CS1)C1(C)CS1. The third-order valence-electron chi connectivity index (χ3n) is 3.03. The van der Waals surface area contributed by atoms with Crippen LogP contribution in [0.15, 0.2) is 0 Å². The predicted molar refractivity (Wildman–Crippen MR) is 50.9 cm³/mol. The van der Waals surface area contributed by atoms with E-state index >= 15 is 0 Å². The Kier molecular flexibility index (Phi) is 1.39. The van der Waals surface area contributed by atoms with Crippen LogP contribution in [-0.4, -0.2) is 21.0 Å². The normalized spacial score (nSPS) is 54.3. The molecule has 0 aromatic heterocycles. The van der Waals surface area contributed by atoms with Crippen LogP contribution in [0, 0.1) is 5.92 Å². The summed E-state index contributed by atoms with van der Waals surface area (Å²) in [5, 5.41) is 0. The zero-order chi connectivity index (χ0) is 7.41. The molecule has 0 radical (unpaired) electrons. The Labute approximate surface area is 71.5 Å². The lowest BCUT2D eigenvalue weighted by atomic mass is 9.87. The van der Waals surface area contributed by atoms with Crippen LogP contribution in [0.5, 0.6) is 0 Å². The molecule has 2 heterocycles. The molecule has 2 unspecified atom stereocenters. The van der Waals surface area contributed by atoms with Gasteiger partial charge in [0.05, 0.1) is 0 Å². The van der Waals surface area contributed by atoms with Gasteiger partial charge in [0, 0.05) is 21.0 Å². The molecule has 0 aromatic rings. The molecule has 2 rings (SSSR count). The van der Waals surface area contributed by atoms with Gasteiger partial charge in [-0.05, 0) is 19.8 Å². The molecule has 2 atom stereocenters. The van der Waals surface area contributed by atoms with E-state index in [1.165, 1.54) is 11.5 Å². The van der Waals surface area contributed by atoms with E-state index in [1.54, 1.807) is 0 Å². The van der Waals surface area contributed by atoms with Gasteiger partial charge in [-0.15, -0.1) is 0 Å². The van der Waals surface area contributed by atoms with E-state index in [1.807, 2.05) is 0 Å². The van der Waals surface area contributed by atoms with Gasteiger partial charge in [-0.25, -0.2) is 0 Å². The Morgan fingerprint density at radius 3 is 1.60 bits per heavy atom. The monoisotopic (exact) mass is 174 g/mol. The largest absolute Gasteiger partial charge is 0.153 e.